The van der Waals surface area contributed by atoms with Gasteiger partial charge in [-0.05, 0) is 58.1 Å². The number of halogens is 1. The Balaban J connectivity index is 2.02. The molecule has 0 spiro atoms. The van der Waals surface area contributed by atoms with Crippen LogP contribution in [0.15, 0.2) is 16.7 Å². The molecule has 0 radical (unpaired) electrons. The van der Waals surface area contributed by atoms with Crippen LogP contribution in [0.5, 0.6) is 0 Å². The van der Waals surface area contributed by atoms with Gasteiger partial charge in [-0.1, -0.05) is 0 Å². The fourth-order valence-electron chi connectivity index (χ4n) is 2.17. The molecule has 3 nitrogen and oxygen atoms in total. The predicted octanol–water partition coefficient (Wildman–Crippen LogP) is 3.61. The maximum absolute atomic E-state index is 5.38. The van der Waals surface area contributed by atoms with E-state index < -0.39 is 0 Å². The molecule has 0 aliphatic carbocycles. The lowest BCUT2D eigenvalue weighted by molar-refractivity contribution is 0.496. The lowest BCUT2D eigenvalue weighted by atomic mass is 10.1. The average Bonchev–Trinajstić information content (AvgIpc) is 2.88. The molecule has 1 saturated heterocycles. The highest BCUT2D eigenvalue weighted by molar-refractivity contribution is 9.10. The molecule has 17 heavy (non-hydrogen) atoms. The van der Waals surface area contributed by atoms with E-state index >= 15 is 0 Å². The quantitative estimate of drug-likeness (QED) is 0.854. The van der Waals surface area contributed by atoms with Crippen LogP contribution in [0.4, 0.5) is 0 Å². The molecule has 1 aliphatic heterocycles. The van der Waals surface area contributed by atoms with Gasteiger partial charge >= 0.3 is 0 Å². The van der Waals surface area contributed by atoms with Crippen LogP contribution in [0.2, 0.25) is 0 Å². The number of aromatic amines is 1. The minimum absolute atomic E-state index is 0.733. The third kappa shape index (κ3) is 2.30. The highest BCUT2D eigenvalue weighted by atomic mass is 79.9. The van der Waals surface area contributed by atoms with Crippen molar-refractivity contribution in [3.63, 3.8) is 0 Å². The lowest BCUT2D eigenvalue weighted by Gasteiger charge is -2.09. The van der Waals surface area contributed by atoms with Crippen molar-refractivity contribution >= 4 is 51.1 Å². The fourth-order valence-corrected chi connectivity index (χ4v) is 4.05. The summed E-state index contributed by atoms with van der Waals surface area (Å²) in [5, 5.41) is 0. The summed E-state index contributed by atoms with van der Waals surface area (Å²) in [6.07, 6.45) is 3.11. The van der Waals surface area contributed by atoms with Crippen molar-refractivity contribution in [3.8, 4) is 0 Å². The Morgan fingerprint density at radius 2 is 2.53 bits per heavy atom. The number of fused-ring (bicyclic) bond motifs is 1. The zero-order valence-corrected chi connectivity index (χ0v) is 12.4. The van der Waals surface area contributed by atoms with E-state index in [1.807, 2.05) is 24.0 Å². The minimum Gasteiger partial charge on any atom is -0.329 e. The zero-order valence-electron chi connectivity index (χ0n) is 9.15. The molecular formula is C11H12BrN3S2. The first-order chi connectivity index (χ1) is 8.24. The Kier molecular flexibility index (Phi) is 3.28. The number of H-pyrrole nitrogens is 1. The number of hydrogen-bond acceptors (Lipinski definition) is 3. The minimum atomic E-state index is 0.733. The molecule has 0 aromatic carbocycles. The van der Waals surface area contributed by atoms with Crippen LogP contribution in [-0.2, 0) is 6.54 Å². The molecule has 1 fully saturated rings. The summed E-state index contributed by atoms with van der Waals surface area (Å²) in [4.78, 5) is 7.68. The van der Waals surface area contributed by atoms with E-state index in [4.69, 9.17) is 12.2 Å². The van der Waals surface area contributed by atoms with Gasteiger partial charge in [0.1, 0.15) is 0 Å². The first-order valence-electron chi connectivity index (χ1n) is 5.56. The third-order valence-electron chi connectivity index (χ3n) is 3.04. The van der Waals surface area contributed by atoms with Crippen molar-refractivity contribution < 1.29 is 0 Å². The fraction of sp³-hybridized carbons (Fsp3) is 0.455. The van der Waals surface area contributed by atoms with Gasteiger partial charge in [-0.3, -0.25) is 0 Å². The number of rotatable bonds is 2. The zero-order chi connectivity index (χ0) is 11.8. The number of nitrogens with one attached hydrogen (secondary N) is 1. The second-order valence-corrected chi connectivity index (χ2v) is 6.75. The van der Waals surface area contributed by atoms with Gasteiger partial charge in [0.15, 0.2) is 10.4 Å². The van der Waals surface area contributed by atoms with Crippen molar-refractivity contribution in [2.24, 2.45) is 5.92 Å². The van der Waals surface area contributed by atoms with Gasteiger partial charge in [-0.2, -0.15) is 11.8 Å². The van der Waals surface area contributed by atoms with E-state index in [0.717, 1.165) is 32.9 Å². The number of aromatic nitrogens is 3. The molecule has 0 bridgehead atoms. The topological polar surface area (TPSA) is 33.6 Å². The predicted molar refractivity (Wildman–Crippen MR) is 78.0 cm³/mol. The molecule has 0 amide bonds. The first kappa shape index (κ1) is 11.7. The normalized spacial score (nSPS) is 20.2. The van der Waals surface area contributed by atoms with Crippen molar-refractivity contribution in [1.82, 2.24) is 14.5 Å². The van der Waals surface area contributed by atoms with Gasteiger partial charge in [0.05, 0.1) is 5.52 Å². The largest absolute Gasteiger partial charge is 0.329 e. The molecular weight excluding hydrogens is 318 g/mol. The van der Waals surface area contributed by atoms with Gasteiger partial charge in [-0.25, -0.2) is 4.98 Å². The van der Waals surface area contributed by atoms with Gasteiger partial charge in [0.25, 0.3) is 0 Å². The molecule has 1 atom stereocenters. The van der Waals surface area contributed by atoms with Crippen LogP contribution < -0.4 is 0 Å². The van der Waals surface area contributed by atoms with Crippen LogP contribution >= 0.6 is 39.9 Å². The molecule has 3 heterocycles. The Bertz CT molecular complexity index is 598. The molecule has 2 aromatic heterocycles. The number of thioether (sulfide) groups is 1. The molecule has 0 saturated carbocycles. The Labute approximate surface area is 117 Å². The van der Waals surface area contributed by atoms with Crippen LogP contribution in [0.25, 0.3) is 11.2 Å². The number of nitrogens with zero attached hydrogens (tertiary/aromatic N) is 2. The highest BCUT2D eigenvalue weighted by Crippen LogP contribution is 2.26. The second kappa shape index (κ2) is 4.74. The maximum Gasteiger partial charge on any atom is 0.179 e. The van der Waals surface area contributed by atoms with Crippen molar-refractivity contribution in [1.29, 1.82) is 0 Å². The number of imidazole rings is 1. The first-order valence-corrected chi connectivity index (χ1v) is 7.91. The standard InChI is InChI=1S/C11H12BrN3S2/c12-8-3-9-10(13-4-8)15(11(16)14-9)5-7-1-2-17-6-7/h3-4,7H,1-2,5-6H2,(H,14,16). The Hall–Kier alpha value is -0.330. The monoisotopic (exact) mass is 329 g/mol. The Morgan fingerprint density at radius 1 is 1.65 bits per heavy atom. The molecule has 6 heteroatoms. The van der Waals surface area contributed by atoms with E-state index in [-0.39, 0.29) is 0 Å². The maximum atomic E-state index is 5.38. The van der Waals surface area contributed by atoms with E-state index in [1.54, 1.807) is 0 Å². The summed E-state index contributed by atoms with van der Waals surface area (Å²) in [6.45, 7) is 0.987. The van der Waals surface area contributed by atoms with Crippen LogP contribution in [0.1, 0.15) is 6.42 Å². The average molecular weight is 330 g/mol. The van der Waals surface area contributed by atoms with Crippen molar-refractivity contribution in [2.45, 2.75) is 13.0 Å². The molecule has 90 valence electrons. The Morgan fingerprint density at radius 3 is 3.29 bits per heavy atom. The summed E-state index contributed by atoms with van der Waals surface area (Å²) in [6, 6.07) is 2.03. The van der Waals surface area contributed by atoms with E-state index in [9.17, 15) is 0 Å². The molecule has 2 aromatic rings. The van der Waals surface area contributed by atoms with E-state index in [0.29, 0.717) is 0 Å². The van der Waals surface area contributed by atoms with Crippen molar-refractivity contribution in [3.05, 3.63) is 21.5 Å². The van der Waals surface area contributed by atoms with Gasteiger partial charge < -0.3 is 9.55 Å². The molecule has 1 N–H and O–H groups in total. The third-order valence-corrected chi connectivity index (χ3v) is 5.03. The number of pyridine rings is 1. The van der Waals surface area contributed by atoms with Gasteiger partial charge in [0, 0.05) is 17.2 Å². The SMILES string of the molecule is S=c1[nH]c2cc(Br)cnc2n1CC1CCSC1. The van der Waals surface area contributed by atoms with E-state index in [2.05, 4.69) is 30.5 Å². The molecule has 1 unspecified atom stereocenters. The van der Waals surface area contributed by atoms with Crippen molar-refractivity contribution in [2.75, 3.05) is 11.5 Å². The highest BCUT2D eigenvalue weighted by Gasteiger charge is 2.18. The summed E-state index contributed by atoms with van der Waals surface area (Å²) in [7, 11) is 0. The van der Waals surface area contributed by atoms with E-state index in [1.165, 1.54) is 17.9 Å². The number of hydrogen-bond donors (Lipinski definition) is 1. The summed E-state index contributed by atoms with van der Waals surface area (Å²) in [5.74, 6) is 3.25. The van der Waals surface area contributed by atoms with Gasteiger partial charge in [-0.15, -0.1) is 0 Å². The summed E-state index contributed by atoms with van der Waals surface area (Å²) < 4.78 is 3.89. The summed E-state index contributed by atoms with van der Waals surface area (Å²) in [5.41, 5.74) is 1.98. The van der Waals surface area contributed by atoms with Crippen LogP contribution in [0, 0.1) is 10.7 Å². The second-order valence-electron chi connectivity index (χ2n) is 4.30. The molecule has 3 rings (SSSR count). The van der Waals surface area contributed by atoms with Crippen LogP contribution in [-0.4, -0.2) is 26.0 Å². The smallest absolute Gasteiger partial charge is 0.179 e. The lowest BCUT2D eigenvalue weighted by Crippen LogP contribution is -2.10. The molecule has 1 aliphatic rings. The van der Waals surface area contributed by atoms with Gasteiger partial charge in [0.2, 0.25) is 0 Å². The van der Waals surface area contributed by atoms with Crippen LogP contribution in [0.3, 0.4) is 0 Å². The summed E-state index contributed by atoms with van der Waals surface area (Å²) >= 11 is 10.8.